The minimum atomic E-state index is -0.430. The van der Waals surface area contributed by atoms with Crippen molar-refractivity contribution in [3.05, 3.63) is 70.5 Å². The maximum Gasteiger partial charge on any atom is 0.288 e. The Kier molecular flexibility index (Phi) is 2.72. The van der Waals surface area contributed by atoms with Gasteiger partial charge in [0.15, 0.2) is 0 Å². The second-order valence-corrected chi connectivity index (χ2v) is 4.29. The first-order chi connectivity index (χ1) is 9.24. The lowest BCUT2D eigenvalue weighted by atomic mass is 10.2. The normalized spacial score (nSPS) is 10.7. The summed E-state index contributed by atoms with van der Waals surface area (Å²) >= 11 is 0. The summed E-state index contributed by atoms with van der Waals surface area (Å²) in [5, 5.41) is 11.5. The van der Waals surface area contributed by atoms with Crippen molar-refractivity contribution in [3.8, 4) is 0 Å². The van der Waals surface area contributed by atoms with Gasteiger partial charge in [0, 0.05) is 24.2 Å². The molecule has 94 valence electrons. The van der Waals surface area contributed by atoms with Gasteiger partial charge in [-0.1, -0.05) is 30.3 Å². The Bertz CT molecular complexity index is 735. The minimum absolute atomic E-state index is 0.0185. The Morgan fingerprint density at radius 1 is 1.21 bits per heavy atom. The fourth-order valence-corrected chi connectivity index (χ4v) is 2.07. The van der Waals surface area contributed by atoms with Gasteiger partial charge in [-0.15, -0.1) is 0 Å². The maximum absolute atomic E-state index is 10.7. The average Bonchev–Trinajstić information content (AvgIpc) is 2.82. The summed E-state index contributed by atoms with van der Waals surface area (Å²) in [5.74, 6) is 0. The highest BCUT2D eigenvalue weighted by Crippen LogP contribution is 2.20. The lowest BCUT2D eigenvalue weighted by molar-refractivity contribution is -0.385. The molecule has 3 aromatic rings. The van der Waals surface area contributed by atoms with Gasteiger partial charge in [0.2, 0.25) is 0 Å². The van der Waals surface area contributed by atoms with Crippen LogP contribution in [0.3, 0.4) is 0 Å². The molecule has 5 nitrogen and oxygen atoms in total. The molecule has 0 aliphatic carbocycles. The van der Waals surface area contributed by atoms with E-state index in [0.717, 1.165) is 11.0 Å². The summed E-state index contributed by atoms with van der Waals surface area (Å²) < 4.78 is 1.98. The van der Waals surface area contributed by atoms with Crippen LogP contribution in [0.4, 0.5) is 5.69 Å². The Hall–Kier alpha value is -2.69. The SMILES string of the molecule is O=[N+]([O-])c1cnc2c(ccn2Cc2ccccc2)c1. The monoisotopic (exact) mass is 253 g/mol. The molecule has 0 atom stereocenters. The van der Waals surface area contributed by atoms with E-state index in [-0.39, 0.29) is 5.69 Å². The molecule has 0 aliphatic rings. The number of aromatic nitrogens is 2. The van der Waals surface area contributed by atoms with Gasteiger partial charge in [-0.3, -0.25) is 10.1 Å². The van der Waals surface area contributed by atoms with Crippen LogP contribution in [0.25, 0.3) is 11.0 Å². The zero-order chi connectivity index (χ0) is 13.2. The van der Waals surface area contributed by atoms with Crippen LogP contribution in [0.5, 0.6) is 0 Å². The maximum atomic E-state index is 10.7. The predicted molar refractivity (Wildman–Crippen MR) is 71.9 cm³/mol. The second kappa shape index (κ2) is 4.53. The molecule has 0 radical (unpaired) electrons. The molecule has 0 fully saturated rings. The molecule has 0 saturated heterocycles. The number of rotatable bonds is 3. The molecule has 0 aliphatic heterocycles. The summed E-state index contributed by atoms with van der Waals surface area (Å²) in [7, 11) is 0. The van der Waals surface area contributed by atoms with Gasteiger partial charge in [-0.05, 0) is 11.6 Å². The van der Waals surface area contributed by atoms with Crippen molar-refractivity contribution in [3.63, 3.8) is 0 Å². The Morgan fingerprint density at radius 3 is 2.74 bits per heavy atom. The molecular formula is C14H11N3O2. The lowest BCUT2D eigenvalue weighted by Crippen LogP contribution is -1.99. The van der Waals surface area contributed by atoms with E-state index in [2.05, 4.69) is 4.98 Å². The van der Waals surface area contributed by atoms with Crippen LogP contribution in [0.15, 0.2) is 54.9 Å². The molecule has 0 unspecified atom stereocenters. The van der Waals surface area contributed by atoms with Crippen LogP contribution in [-0.4, -0.2) is 14.5 Å². The Morgan fingerprint density at radius 2 is 2.00 bits per heavy atom. The van der Waals surface area contributed by atoms with Gasteiger partial charge in [0.1, 0.15) is 11.8 Å². The summed E-state index contributed by atoms with van der Waals surface area (Å²) in [4.78, 5) is 14.5. The third kappa shape index (κ3) is 2.18. The summed E-state index contributed by atoms with van der Waals surface area (Å²) in [6.45, 7) is 0.704. The van der Waals surface area contributed by atoms with E-state index in [1.165, 1.54) is 11.8 Å². The molecule has 2 heterocycles. The first kappa shape index (κ1) is 11.4. The van der Waals surface area contributed by atoms with E-state index in [1.807, 2.05) is 47.2 Å². The minimum Gasteiger partial charge on any atom is -0.328 e. The van der Waals surface area contributed by atoms with Gasteiger partial charge in [0.05, 0.1) is 4.92 Å². The highest BCUT2D eigenvalue weighted by molar-refractivity contribution is 5.78. The third-order valence-corrected chi connectivity index (χ3v) is 2.99. The number of benzene rings is 1. The molecule has 2 aromatic heterocycles. The third-order valence-electron chi connectivity index (χ3n) is 2.99. The van der Waals surface area contributed by atoms with Crippen LogP contribution in [0.1, 0.15) is 5.56 Å². The van der Waals surface area contributed by atoms with E-state index in [4.69, 9.17) is 0 Å². The molecular weight excluding hydrogens is 242 g/mol. The number of pyridine rings is 1. The quantitative estimate of drug-likeness (QED) is 0.532. The zero-order valence-electron chi connectivity index (χ0n) is 10.1. The molecule has 19 heavy (non-hydrogen) atoms. The molecule has 3 rings (SSSR count). The van der Waals surface area contributed by atoms with Crippen molar-refractivity contribution in [2.75, 3.05) is 0 Å². The molecule has 1 aromatic carbocycles. The number of hydrogen-bond acceptors (Lipinski definition) is 3. The number of fused-ring (bicyclic) bond motifs is 1. The summed E-state index contributed by atoms with van der Waals surface area (Å²) in [6, 6.07) is 13.4. The average molecular weight is 253 g/mol. The lowest BCUT2D eigenvalue weighted by Gasteiger charge is -2.04. The van der Waals surface area contributed by atoms with Gasteiger partial charge in [0.25, 0.3) is 5.69 Å². The largest absolute Gasteiger partial charge is 0.328 e. The van der Waals surface area contributed by atoms with Crippen LogP contribution >= 0.6 is 0 Å². The van der Waals surface area contributed by atoms with Crippen molar-refractivity contribution in [2.45, 2.75) is 6.54 Å². The van der Waals surface area contributed by atoms with Crippen LogP contribution < -0.4 is 0 Å². The molecule has 5 heteroatoms. The highest BCUT2D eigenvalue weighted by Gasteiger charge is 2.10. The fourth-order valence-electron chi connectivity index (χ4n) is 2.07. The molecule has 0 saturated carbocycles. The highest BCUT2D eigenvalue weighted by atomic mass is 16.6. The van der Waals surface area contributed by atoms with E-state index >= 15 is 0 Å². The summed E-state index contributed by atoms with van der Waals surface area (Å²) in [6.07, 6.45) is 3.19. The van der Waals surface area contributed by atoms with E-state index in [9.17, 15) is 10.1 Å². The first-order valence-electron chi connectivity index (χ1n) is 5.87. The molecule has 0 amide bonds. The Balaban J connectivity index is 1.99. The standard InChI is InChI=1S/C14H11N3O2/c18-17(19)13-8-12-6-7-16(14(12)15-9-13)10-11-4-2-1-3-5-11/h1-9H,10H2. The van der Waals surface area contributed by atoms with Gasteiger partial charge in [-0.25, -0.2) is 4.98 Å². The van der Waals surface area contributed by atoms with Crippen molar-refractivity contribution in [1.82, 2.24) is 9.55 Å². The fraction of sp³-hybridized carbons (Fsp3) is 0.0714. The first-order valence-corrected chi connectivity index (χ1v) is 5.87. The van der Waals surface area contributed by atoms with Crippen molar-refractivity contribution in [2.24, 2.45) is 0 Å². The van der Waals surface area contributed by atoms with Crippen LogP contribution in [-0.2, 0) is 6.54 Å². The topological polar surface area (TPSA) is 61.0 Å². The van der Waals surface area contributed by atoms with Gasteiger partial charge in [-0.2, -0.15) is 0 Å². The van der Waals surface area contributed by atoms with Crippen molar-refractivity contribution in [1.29, 1.82) is 0 Å². The predicted octanol–water partition coefficient (Wildman–Crippen LogP) is 2.99. The Labute approximate surface area is 109 Å². The summed E-state index contributed by atoms with van der Waals surface area (Å²) in [5.41, 5.74) is 1.94. The second-order valence-electron chi connectivity index (χ2n) is 4.29. The van der Waals surface area contributed by atoms with E-state index in [0.29, 0.717) is 6.54 Å². The van der Waals surface area contributed by atoms with Crippen LogP contribution in [0.2, 0.25) is 0 Å². The molecule has 0 N–H and O–H groups in total. The van der Waals surface area contributed by atoms with Crippen molar-refractivity contribution >= 4 is 16.7 Å². The molecule has 0 spiro atoms. The van der Waals surface area contributed by atoms with E-state index in [1.54, 1.807) is 6.07 Å². The zero-order valence-corrected chi connectivity index (χ0v) is 10.1. The number of nitro groups is 1. The van der Waals surface area contributed by atoms with Crippen LogP contribution in [0, 0.1) is 10.1 Å². The smallest absolute Gasteiger partial charge is 0.288 e. The van der Waals surface area contributed by atoms with Crippen molar-refractivity contribution < 1.29 is 4.92 Å². The van der Waals surface area contributed by atoms with Gasteiger partial charge >= 0.3 is 0 Å². The number of nitrogens with zero attached hydrogens (tertiary/aromatic N) is 3. The molecule has 0 bridgehead atoms. The number of hydrogen-bond donors (Lipinski definition) is 0. The van der Waals surface area contributed by atoms with Gasteiger partial charge < -0.3 is 4.57 Å². The van der Waals surface area contributed by atoms with E-state index < -0.39 is 4.92 Å².